The maximum Gasteiger partial charge on any atom is 0.353 e. The van der Waals surface area contributed by atoms with Crippen LogP contribution in [0.5, 0.6) is 0 Å². The molecule has 0 radical (unpaired) electrons. The fraction of sp³-hybridized carbons (Fsp3) is 0.600. The molecule has 4 N–H and O–H groups in total. The number of esters is 1. The molecular weight excluding hydrogens is 214 g/mol. The highest BCUT2D eigenvalue weighted by Crippen LogP contribution is 2.10. The molecule has 0 spiro atoms. The number of rotatable bonds is 2. The van der Waals surface area contributed by atoms with Crippen molar-refractivity contribution in [1.82, 2.24) is 0 Å². The number of carboxylic acid groups (broad SMARTS) is 1. The van der Waals surface area contributed by atoms with Gasteiger partial charge in [-0.1, -0.05) is 6.58 Å². The highest BCUT2D eigenvalue weighted by molar-refractivity contribution is 5.79. The fourth-order valence-corrected chi connectivity index (χ4v) is 0.381. The first-order chi connectivity index (χ1) is 6.90. The Bertz CT molecular complexity index is 259. The molecule has 0 aliphatic rings. The van der Waals surface area contributed by atoms with Crippen LogP contribution >= 0.6 is 0 Å². The summed E-state index contributed by atoms with van der Waals surface area (Å²) in [6, 6.07) is 0. The molecule has 0 bridgehead atoms. The molecule has 0 aromatic heterocycles. The van der Waals surface area contributed by atoms with Gasteiger partial charge in [0.25, 0.3) is 0 Å². The van der Waals surface area contributed by atoms with Crippen molar-refractivity contribution < 1.29 is 24.5 Å². The van der Waals surface area contributed by atoms with E-state index in [1.165, 1.54) is 6.92 Å². The number of nitrogens with two attached hydrogens (primary N) is 1. The number of hydrogen-bond acceptors (Lipinski definition) is 5. The van der Waals surface area contributed by atoms with Gasteiger partial charge in [0, 0.05) is 6.08 Å². The van der Waals surface area contributed by atoms with Crippen LogP contribution in [0, 0.1) is 0 Å². The summed E-state index contributed by atoms with van der Waals surface area (Å²) >= 11 is 0. The molecule has 0 aromatic carbocycles. The minimum atomic E-state index is -1.90. The average Bonchev–Trinajstić information content (AvgIpc) is 2.00. The Hall–Kier alpha value is -1.40. The smallest absolute Gasteiger partial charge is 0.353 e. The predicted octanol–water partition coefficient (Wildman–Crippen LogP) is 0.252. The fourth-order valence-electron chi connectivity index (χ4n) is 0.381. The van der Waals surface area contributed by atoms with E-state index in [1.54, 1.807) is 20.8 Å². The third-order valence-corrected chi connectivity index (χ3v) is 0.987. The van der Waals surface area contributed by atoms with Crippen LogP contribution in [-0.2, 0) is 14.3 Å². The molecule has 0 aliphatic carbocycles. The van der Waals surface area contributed by atoms with Crippen LogP contribution in [0.2, 0.25) is 0 Å². The SMILES string of the molecule is C=CC(=O)O.CC(C)(C)OC(=O)C(C)(N)O. The molecule has 94 valence electrons. The minimum Gasteiger partial charge on any atom is -0.478 e. The molecule has 0 amide bonds. The molecular formula is C10H19NO5. The second kappa shape index (κ2) is 6.24. The molecule has 0 rings (SSSR count). The van der Waals surface area contributed by atoms with Gasteiger partial charge in [0.05, 0.1) is 0 Å². The molecule has 0 saturated carbocycles. The summed E-state index contributed by atoms with van der Waals surface area (Å²) < 4.78 is 4.79. The maximum absolute atomic E-state index is 10.9. The monoisotopic (exact) mass is 233 g/mol. The Morgan fingerprint density at radius 1 is 1.31 bits per heavy atom. The van der Waals surface area contributed by atoms with Crippen molar-refractivity contribution >= 4 is 11.9 Å². The molecule has 0 heterocycles. The van der Waals surface area contributed by atoms with Gasteiger partial charge in [0.1, 0.15) is 5.60 Å². The summed E-state index contributed by atoms with van der Waals surface area (Å²) in [5.74, 6) is -1.80. The van der Waals surface area contributed by atoms with Crippen molar-refractivity contribution in [1.29, 1.82) is 0 Å². The van der Waals surface area contributed by atoms with Gasteiger partial charge >= 0.3 is 11.9 Å². The Balaban J connectivity index is 0. The van der Waals surface area contributed by atoms with Crippen molar-refractivity contribution in [3.63, 3.8) is 0 Å². The summed E-state index contributed by atoms with van der Waals surface area (Å²) in [5, 5.41) is 16.6. The molecule has 0 fully saturated rings. The molecule has 0 aromatic rings. The van der Waals surface area contributed by atoms with Gasteiger partial charge in [0.2, 0.25) is 5.72 Å². The van der Waals surface area contributed by atoms with E-state index < -0.39 is 23.3 Å². The lowest BCUT2D eigenvalue weighted by Crippen LogP contribution is -2.48. The van der Waals surface area contributed by atoms with E-state index >= 15 is 0 Å². The van der Waals surface area contributed by atoms with Gasteiger partial charge in [-0.25, -0.2) is 9.59 Å². The largest absolute Gasteiger partial charge is 0.478 e. The molecule has 16 heavy (non-hydrogen) atoms. The van der Waals surface area contributed by atoms with Crippen LogP contribution in [0.25, 0.3) is 0 Å². The molecule has 6 heteroatoms. The zero-order valence-electron chi connectivity index (χ0n) is 9.98. The van der Waals surface area contributed by atoms with E-state index in [0.29, 0.717) is 0 Å². The van der Waals surface area contributed by atoms with Gasteiger partial charge in [-0.3, -0.25) is 5.73 Å². The number of aliphatic carboxylic acids is 1. The second-order valence-corrected chi connectivity index (χ2v) is 4.19. The lowest BCUT2D eigenvalue weighted by atomic mass is 10.2. The van der Waals surface area contributed by atoms with E-state index in [1.807, 2.05) is 0 Å². The van der Waals surface area contributed by atoms with Gasteiger partial charge in [-0.05, 0) is 27.7 Å². The van der Waals surface area contributed by atoms with E-state index in [4.69, 9.17) is 20.7 Å². The molecule has 0 aliphatic heterocycles. The van der Waals surface area contributed by atoms with Crippen molar-refractivity contribution in [2.24, 2.45) is 5.73 Å². The number of ether oxygens (including phenoxy) is 1. The average molecular weight is 233 g/mol. The molecule has 1 atom stereocenters. The van der Waals surface area contributed by atoms with E-state index in [9.17, 15) is 9.59 Å². The van der Waals surface area contributed by atoms with Gasteiger partial charge in [-0.15, -0.1) is 0 Å². The Kier molecular flexibility index (Phi) is 6.63. The number of carbonyl (C=O) groups is 2. The Morgan fingerprint density at radius 3 is 1.69 bits per heavy atom. The number of carboxylic acids is 1. The summed E-state index contributed by atoms with van der Waals surface area (Å²) in [4.78, 5) is 20.1. The lowest BCUT2D eigenvalue weighted by Gasteiger charge is -2.24. The number of carbonyl (C=O) groups excluding carboxylic acids is 1. The van der Waals surface area contributed by atoms with E-state index in [0.717, 1.165) is 6.08 Å². The summed E-state index contributed by atoms with van der Waals surface area (Å²) in [6.07, 6.45) is 0.833. The van der Waals surface area contributed by atoms with Crippen molar-refractivity contribution in [3.05, 3.63) is 12.7 Å². The van der Waals surface area contributed by atoms with Crippen LogP contribution in [0.3, 0.4) is 0 Å². The highest BCUT2D eigenvalue weighted by atomic mass is 16.6. The maximum atomic E-state index is 10.9. The van der Waals surface area contributed by atoms with Crippen LogP contribution < -0.4 is 5.73 Å². The molecule has 1 unspecified atom stereocenters. The normalized spacial score (nSPS) is 13.9. The highest BCUT2D eigenvalue weighted by Gasteiger charge is 2.30. The van der Waals surface area contributed by atoms with Crippen LogP contribution in [-0.4, -0.2) is 33.5 Å². The lowest BCUT2D eigenvalue weighted by molar-refractivity contribution is -0.174. The first-order valence-corrected chi connectivity index (χ1v) is 4.50. The third-order valence-electron chi connectivity index (χ3n) is 0.987. The minimum absolute atomic E-state index is 0.611. The Labute approximate surface area is 94.7 Å². The van der Waals surface area contributed by atoms with Crippen molar-refractivity contribution in [2.75, 3.05) is 0 Å². The molecule has 6 nitrogen and oxygen atoms in total. The van der Waals surface area contributed by atoms with Gasteiger partial charge < -0.3 is 14.9 Å². The first kappa shape index (κ1) is 17.0. The Morgan fingerprint density at radius 2 is 1.62 bits per heavy atom. The van der Waals surface area contributed by atoms with E-state index in [-0.39, 0.29) is 0 Å². The summed E-state index contributed by atoms with van der Waals surface area (Å²) in [6.45, 7) is 9.26. The quantitative estimate of drug-likeness (QED) is 0.358. The zero-order valence-corrected chi connectivity index (χ0v) is 9.98. The van der Waals surface area contributed by atoms with Crippen LogP contribution in [0.15, 0.2) is 12.7 Å². The standard InChI is InChI=1S/C7H15NO3.C3H4O2/c1-6(2,3)11-5(9)7(4,8)10;1-2-3(4)5/h10H,8H2,1-4H3;2H,1H2,(H,4,5). The summed E-state index contributed by atoms with van der Waals surface area (Å²) in [7, 11) is 0. The van der Waals surface area contributed by atoms with Crippen LogP contribution in [0.4, 0.5) is 0 Å². The second-order valence-electron chi connectivity index (χ2n) is 4.19. The van der Waals surface area contributed by atoms with E-state index in [2.05, 4.69) is 6.58 Å². The van der Waals surface area contributed by atoms with Gasteiger partial charge in [0.15, 0.2) is 0 Å². The van der Waals surface area contributed by atoms with Gasteiger partial charge in [-0.2, -0.15) is 0 Å². The summed E-state index contributed by atoms with van der Waals surface area (Å²) in [5.41, 5.74) is 2.56. The number of hydrogen-bond donors (Lipinski definition) is 3. The third kappa shape index (κ3) is 12.6. The molecule has 0 saturated heterocycles. The van der Waals surface area contributed by atoms with Crippen molar-refractivity contribution in [2.45, 2.75) is 39.0 Å². The zero-order chi connectivity index (χ0) is 13.6. The first-order valence-electron chi connectivity index (χ1n) is 4.50. The van der Waals surface area contributed by atoms with Crippen molar-refractivity contribution in [3.8, 4) is 0 Å². The number of aliphatic hydroxyl groups is 1. The van der Waals surface area contributed by atoms with Crippen LogP contribution in [0.1, 0.15) is 27.7 Å². The topological polar surface area (TPSA) is 110 Å². The predicted molar refractivity (Wildman–Crippen MR) is 58.5 cm³/mol.